The van der Waals surface area contributed by atoms with Gasteiger partial charge in [0.05, 0.1) is 14.2 Å². The molecule has 1 aromatic rings. The van der Waals surface area contributed by atoms with Crippen LogP contribution in [0.5, 0.6) is 5.75 Å². The molecule has 0 aliphatic heterocycles. The lowest BCUT2D eigenvalue weighted by molar-refractivity contribution is -0.140. The largest absolute Gasteiger partial charge is 0.496 e. The van der Waals surface area contributed by atoms with E-state index in [9.17, 15) is 9.59 Å². The minimum Gasteiger partial charge on any atom is -0.496 e. The summed E-state index contributed by atoms with van der Waals surface area (Å²) in [5.41, 5.74) is 2.61. The predicted molar refractivity (Wildman–Crippen MR) is 77.3 cm³/mol. The molecule has 0 atom stereocenters. The zero-order chi connectivity index (χ0) is 15.1. The van der Waals surface area contributed by atoms with Gasteiger partial charge in [0.15, 0.2) is 5.78 Å². The fourth-order valence-corrected chi connectivity index (χ4v) is 2.10. The van der Waals surface area contributed by atoms with E-state index in [1.165, 1.54) is 7.11 Å². The fourth-order valence-electron chi connectivity index (χ4n) is 2.10. The zero-order valence-electron chi connectivity index (χ0n) is 12.6. The van der Waals surface area contributed by atoms with Crippen molar-refractivity contribution in [2.45, 2.75) is 39.5 Å². The third-order valence-corrected chi connectivity index (χ3v) is 3.30. The first kappa shape index (κ1) is 16.2. The summed E-state index contributed by atoms with van der Waals surface area (Å²) in [6.45, 7) is 3.83. The van der Waals surface area contributed by atoms with E-state index in [0.29, 0.717) is 25.7 Å². The summed E-state index contributed by atoms with van der Waals surface area (Å²) in [5.74, 6) is 0.678. The van der Waals surface area contributed by atoms with Crippen LogP contribution in [0, 0.1) is 13.8 Å². The maximum atomic E-state index is 12.2. The Hall–Kier alpha value is -1.84. The Labute approximate surface area is 120 Å². The monoisotopic (exact) mass is 278 g/mol. The van der Waals surface area contributed by atoms with E-state index in [1.807, 2.05) is 26.0 Å². The van der Waals surface area contributed by atoms with E-state index < -0.39 is 0 Å². The lowest BCUT2D eigenvalue weighted by Gasteiger charge is -2.10. The molecule has 0 radical (unpaired) electrons. The average molecular weight is 278 g/mol. The third kappa shape index (κ3) is 4.37. The van der Waals surface area contributed by atoms with Crippen LogP contribution in [-0.4, -0.2) is 26.0 Å². The second-order valence-electron chi connectivity index (χ2n) is 4.84. The van der Waals surface area contributed by atoms with Crippen molar-refractivity contribution >= 4 is 11.8 Å². The van der Waals surface area contributed by atoms with Crippen molar-refractivity contribution in [3.8, 4) is 5.75 Å². The second kappa shape index (κ2) is 7.68. The highest BCUT2D eigenvalue weighted by atomic mass is 16.5. The van der Waals surface area contributed by atoms with Gasteiger partial charge in [0.25, 0.3) is 0 Å². The molecule has 1 aromatic carbocycles. The van der Waals surface area contributed by atoms with Gasteiger partial charge in [-0.2, -0.15) is 0 Å². The Morgan fingerprint density at radius 2 is 1.65 bits per heavy atom. The van der Waals surface area contributed by atoms with Gasteiger partial charge in [0, 0.05) is 18.4 Å². The molecule has 0 amide bonds. The van der Waals surface area contributed by atoms with E-state index in [4.69, 9.17) is 4.74 Å². The molecule has 0 heterocycles. The molecule has 110 valence electrons. The number of carbonyl (C=O) groups excluding carboxylic acids is 2. The van der Waals surface area contributed by atoms with Crippen molar-refractivity contribution in [2.75, 3.05) is 14.2 Å². The number of unbranched alkanes of at least 4 members (excludes halogenated alkanes) is 1. The molecular formula is C16H22O4. The van der Waals surface area contributed by atoms with Crippen molar-refractivity contribution in [3.63, 3.8) is 0 Å². The molecule has 0 bridgehead atoms. The summed E-state index contributed by atoms with van der Waals surface area (Å²) in [4.78, 5) is 23.1. The molecule has 0 aromatic heterocycles. The lowest BCUT2D eigenvalue weighted by atomic mass is 9.98. The van der Waals surface area contributed by atoms with Gasteiger partial charge in [-0.25, -0.2) is 0 Å². The number of methoxy groups -OCH3 is 2. The Kier molecular flexibility index (Phi) is 6.22. The highest BCUT2D eigenvalue weighted by molar-refractivity contribution is 5.97. The van der Waals surface area contributed by atoms with Gasteiger partial charge in [-0.3, -0.25) is 9.59 Å². The molecule has 0 fully saturated rings. The summed E-state index contributed by atoms with van der Waals surface area (Å²) in [7, 11) is 2.99. The van der Waals surface area contributed by atoms with Crippen LogP contribution in [-0.2, 0) is 9.53 Å². The van der Waals surface area contributed by atoms with Gasteiger partial charge in [-0.05, 0) is 49.9 Å². The van der Waals surface area contributed by atoms with Crippen molar-refractivity contribution in [2.24, 2.45) is 0 Å². The van der Waals surface area contributed by atoms with Crippen molar-refractivity contribution < 1.29 is 19.1 Å². The molecule has 1 rings (SSSR count). The van der Waals surface area contributed by atoms with Gasteiger partial charge in [0.2, 0.25) is 0 Å². The molecular weight excluding hydrogens is 256 g/mol. The molecule has 0 N–H and O–H groups in total. The summed E-state index contributed by atoms with van der Waals surface area (Å²) in [6.07, 6.45) is 2.18. The fraction of sp³-hybridized carbons (Fsp3) is 0.500. The van der Waals surface area contributed by atoms with Crippen LogP contribution >= 0.6 is 0 Å². The Morgan fingerprint density at radius 1 is 1.00 bits per heavy atom. The molecule has 0 aliphatic rings. The quantitative estimate of drug-likeness (QED) is 0.436. The Morgan fingerprint density at radius 3 is 2.25 bits per heavy atom. The van der Waals surface area contributed by atoms with Crippen LogP contribution in [0.15, 0.2) is 12.1 Å². The number of benzene rings is 1. The number of hydrogen-bond donors (Lipinski definition) is 0. The van der Waals surface area contributed by atoms with Crippen LogP contribution in [0.4, 0.5) is 0 Å². The molecule has 20 heavy (non-hydrogen) atoms. The molecule has 4 nitrogen and oxygen atoms in total. The zero-order valence-corrected chi connectivity index (χ0v) is 12.6. The predicted octanol–water partition coefficient (Wildman–Crippen LogP) is 3.23. The summed E-state index contributed by atoms with van der Waals surface area (Å²) in [5, 5.41) is 0. The minimum absolute atomic E-state index is 0.109. The maximum Gasteiger partial charge on any atom is 0.305 e. The summed E-state index contributed by atoms with van der Waals surface area (Å²) < 4.78 is 9.80. The summed E-state index contributed by atoms with van der Waals surface area (Å²) >= 11 is 0. The third-order valence-electron chi connectivity index (χ3n) is 3.30. The molecule has 0 unspecified atom stereocenters. The number of ketones is 1. The van der Waals surface area contributed by atoms with E-state index in [1.54, 1.807) is 7.11 Å². The van der Waals surface area contributed by atoms with Crippen LogP contribution in [0.2, 0.25) is 0 Å². The molecule has 0 spiro atoms. The number of carbonyl (C=O) groups is 2. The Bertz CT molecular complexity index is 491. The smallest absolute Gasteiger partial charge is 0.305 e. The SMILES string of the molecule is COC(=O)CCCCC(=O)c1cc(C)c(OC)cc1C. The number of ether oxygens (including phenoxy) is 2. The minimum atomic E-state index is -0.228. The van der Waals surface area contributed by atoms with Crippen molar-refractivity contribution in [1.29, 1.82) is 0 Å². The lowest BCUT2D eigenvalue weighted by Crippen LogP contribution is -2.05. The average Bonchev–Trinajstić information content (AvgIpc) is 2.44. The van der Waals surface area contributed by atoms with Crippen molar-refractivity contribution in [1.82, 2.24) is 0 Å². The molecule has 0 saturated carbocycles. The van der Waals surface area contributed by atoms with Gasteiger partial charge in [-0.15, -0.1) is 0 Å². The van der Waals surface area contributed by atoms with Gasteiger partial charge in [0.1, 0.15) is 5.75 Å². The number of aryl methyl sites for hydroxylation is 2. The molecule has 0 saturated heterocycles. The number of esters is 1. The molecule has 4 heteroatoms. The van der Waals surface area contributed by atoms with Gasteiger partial charge in [-0.1, -0.05) is 0 Å². The normalized spacial score (nSPS) is 10.2. The Balaban J connectivity index is 2.60. The second-order valence-corrected chi connectivity index (χ2v) is 4.84. The first-order valence-electron chi connectivity index (χ1n) is 6.74. The molecule has 0 aliphatic carbocycles. The highest BCUT2D eigenvalue weighted by Crippen LogP contribution is 2.23. The number of rotatable bonds is 7. The standard InChI is InChI=1S/C16H22O4/c1-11-10-15(19-3)12(2)9-13(11)14(17)7-5-6-8-16(18)20-4/h9-10H,5-8H2,1-4H3. The summed E-state index contributed by atoms with van der Waals surface area (Å²) in [6, 6.07) is 3.76. The van der Waals surface area contributed by atoms with E-state index >= 15 is 0 Å². The topological polar surface area (TPSA) is 52.6 Å². The highest BCUT2D eigenvalue weighted by Gasteiger charge is 2.12. The van der Waals surface area contributed by atoms with Crippen molar-refractivity contribution in [3.05, 3.63) is 28.8 Å². The maximum absolute atomic E-state index is 12.2. The van der Waals surface area contributed by atoms with Crippen LogP contribution in [0.3, 0.4) is 0 Å². The van der Waals surface area contributed by atoms with Gasteiger partial charge >= 0.3 is 5.97 Å². The van der Waals surface area contributed by atoms with Crippen LogP contribution < -0.4 is 4.74 Å². The number of Topliss-reactive ketones (excluding diaryl/α,β-unsaturated/α-hetero) is 1. The van der Waals surface area contributed by atoms with Gasteiger partial charge < -0.3 is 9.47 Å². The van der Waals surface area contributed by atoms with E-state index in [-0.39, 0.29) is 11.8 Å². The van der Waals surface area contributed by atoms with Crippen LogP contribution in [0.1, 0.15) is 47.2 Å². The van der Waals surface area contributed by atoms with E-state index in [0.717, 1.165) is 22.4 Å². The first-order valence-corrected chi connectivity index (χ1v) is 6.74. The van der Waals surface area contributed by atoms with E-state index in [2.05, 4.69) is 4.74 Å². The van der Waals surface area contributed by atoms with Crippen LogP contribution in [0.25, 0.3) is 0 Å². The first-order chi connectivity index (χ1) is 9.49. The number of hydrogen-bond acceptors (Lipinski definition) is 4.